The van der Waals surface area contributed by atoms with E-state index >= 15 is 0 Å². The molecule has 0 aromatic heterocycles. The Bertz CT molecular complexity index is 809. The van der Waals surface area contributed by atoms with E-state index in [0.717, 1.165) is 30.0 Å². The van der Waals surface area contributed by atoms with Crippen molar-refractivity contribution in [3.63, 3.8) is 0 Å². The summed E-state index contributed by atoms with van der Waals surface area (Å²) in [5.74, 6) is 0. The number of hydrogen-bond acceptors (Lipinski definition) is 2. The zero-order valence-corrected chi connectivity index (χ0v) is 16.9. The van der Waals surface area contributed by atoms with Crippen molar-refractivity contribution in [2.75, 3.05) is 0 Å². The van der Waals surface area contributed by atoms with E-state index in [4.69, 9.17) is 0 Å². The summed E-state index contributed by atoms with van der Waals surface area (Å²) in [6, 6.07) is 9.36. The van der Waals surface area contributed by atoms with E-state index in [-0.39, 0.29) is 4.90 Å². The average molecular weight is 377 g/mol. The van der Waals surface area contributed by atoms with Gasteiger partial charge >= 0.3 is 0 Å². The van der Waals surface area contributed by atoms with E-state index in [2.05, 4.69) is 26.0 Å². The molecule has 0 radical (unpaired) electrons. The van der Waals surface area contributed by atoms with E-state index in [1.165, 1.54) is 62.1 Å². The third kappa shape index (κ3) is 6.10. The lowest BCUT2D eigenvalue weighted by atomic mass is 9.94. The van der Waals surface area contributed by atoms with Gasteiger partial charge in [0.25, 0.3) is 10.1 Å². The van der Waals surface area contributed by atoms with Gasteiger partial charge in [-0.3, -0.25) is 4.55 Å². The summed E-state index contributed by atoms with van der Waals surface area (Å²) >= 11 is 0. The molecule has 0 heterocycles. The van der Waals surface area contributed by atoms with Gasteiger partial charge in [0.05, 0.1) is 4.90 Å². The zero-order valence-electron chi connectivity index (χ0n) is 16.1. The first kappa shape index (κ1) is 20.9. The highest BCUT2D eigenvalue weighted by Gasteiger charge is 2.12. The highest BCUT2D eigenvalue weighted by atomic mass is 32.2. The molecule has 2 aromatic rings. The molecule has 0 bridgehead atoms. The molecule has 0 aliphatic carbocycles. The summed E-state index contributed by atoms with van der Waals surface area (Å²) in [4.78, 5) is -0.0181. The number of fused-ring (bicyclic) bond motifs is 1. The minimum atomic E-state index is -4.17. The summed E-state index contributed by atoms with van der Waals surface area (Å²) in [7, 11) is -4.17. The fraction of sp³-hybridized carbons (Fsp3) is 0.545. The van der Waals surface area contributed by atoms with Crippen molar-refractivity contribution in [2.24, 2.45) is 0 Å². The van der Waals surface area contributed by atoms with Crippen LogP contribution < -0.4 is 0 Å². The summed E-state index contributed by atoms with van der Waals surface area (Å²) in [6.45, 7) is 4.42. The maximum absolute atomic E-state index is 11.5. The molecule has 0 amide bonds. The van der Waals surface area contributed by atoms with Gasteiger partial charge in [-0.25, -0.2) is 0 Å². The lowest BCUT2D eigenvalue weighted by Gasteiger charge is -2.12. The van der Waals surface area contributed by atoms with Gasteiger partial charge in [-0.2, -0.15) is 8.42 Å². The van der Waals surface area contributed by atoms with Gasteiger partial charge in [-0.15, -0.1) is 0 Å². The molecular formula is C22H32O3S. The van der Waals surface area contributed by atoms with E-state index in [9.17, 15) is 13.0 Å². The minimum Gasteiger partial charge on any atom is -0.282 e. The molecule has 0 saturated heterocycles. The van der Waals surface area contributed by atoms with Crippen LogP contribution in [0.5, 0.6) is 0 Å². The Morgan fingerprint density at radius 1 is 0.808 bits per heavy atom. The summed E-state index contributed by atoms with van der Waals surface area (Å²) in [5.41, 5.74) is 2.54. The van der Waals surface area contributed by atoms with Gasteiger partial charge < -0.3 is 0 Å². The van der Waals surface area contributed by atoms with Gasteiger partial charge in [-0.1, -0.05) is 70.6 Å². The minimum absolute atomic E-state index is 0.0181. The van der Waals surface area contributed by atoms with Gasteiger partial charge in [0.2, 0.25) is 0 Å². The van der Waals surface area contributed by atoms with Crippen molar-refractivity contribution in [1.82, 2.24) is 0 Å². The Balaban J connectivity index is 2.31. The van der Waals surface area contributed by atoms with Gasteiger partial charge in [-0.05, 0) is 59.7 Å². The van der Waals surface area contributed by atoms with Crippen LogP contribution in [0.25, 0.3) is 10.8 Å². The molecule has 0 aliphatic heterocycles. The average Bonchev–Trinajstić information content (AvgIpc) is 2.61. The van der Waals surface area contributed by atoms with Gasteiger partial charge in [0.15, 0.2) is 0 Å². The van der Waals surface area contributed by atoms with Crippen molar-refractivity contribution in [1.29, 1.82) is 0 Å². The van der Waals surface area contributed by atoms with E-state index in [1.807, 2.05) is 6.07 Å². The highest BCUT2D eigenvalue weighted by molar-refractivity contribution is 7.85. The maximum Gasteiger partial charge on any atom is 0.294 e. The summed E-state index contributed by atoms with van der Waals surface area (Å²) < 4.78 is 32.4. The van der Waals surface area contributed by atoms with Crippen molar-refractivity contribution in [3.05, 3.63) is 41.5 Å². The number of hydrogen-bond donors (Lipinski definition) is 1. The summed E-state index contributed by atoms with van der Waals surface area (Å²) in [6.07, 6.45) is 11.7. The predicted molar refractivity (Wildman–Crippen MR) is 109 cm³/mol. The molecule has 0 atom stereocenters. The molecule has 3 nitrogen and oxygen atoms in total. The largest absolute Gasteiger partial charge is 0.294 e. The third-order valence-corrected chi connectivity index (χ3v) is 5.84. The second kappa shape index (κ2) is 10.1. The highest BCUT2D eigenvalue weighted by Crippen LogP contribution is 2.27. The second-order valence-electron chi connectivity index (χ2n) is 7.23. The van der Waals surface area contributed by atoms with Crippen LogP contribution in [0.15, 0.2) is 35.2 Å². The van der Waals surface area contributed by atoms with Gasteiger partial charge in [0.1, 0.15) is 0 Å². The van der Waals surface area contributed by atoms with Crippen LogP contribution in [0.1, 0.15) is 76.3 Å². The molecule has 26 heavy (non-hydrogen) atoms. The van der Waals surface area contributed by atoms with E-state index in [1.54, 1.807) is 6.07 Å². The van der Waals surface area contributed by atoms with Crippen LogP contribution in [0.2, 0.25) is 0 Å². The SMILES string of the molecule is CCCCCCc1cc(CCCCCC)c2cc(S(=O)(=O)O)ccc2c1. The van der Waals surface area contributed by atoms with Crippen LogP contribution >= 0.6 is 0 Å². The van der Waals surface area contributed by atoms with Crippen LogP contribution in [0, 0.1) is 0 Å². The van der Waals surface area contributed by atoms with E-state index in [0.29, 0.717) is 0 Å². The van der Waals surface area contributed by atoms with Crippen molar-refractivity contribution in [2.45, 2.75) is 83.0 Å². The Morgan fingerprint density at radius 3 is 2.08 bits per heavy atom. The lowest BCUT2D eigenvalue weighted by Crippen LogP contribution is -1.99. The van der Waals surface area contributed by atoms with Crippen LogP contribution in [0.4, 0.5) is 0 Å². The fourth-order valence-corrected chi connectivity index (χ4v) is 4.00. The second-order valence-corrected chi connectivity index (χ2v) is 8.66. The molecule has 0 saturated carbocycles. The number of aryl methyl sites for hydroxylation is 2. The number of benzene rings is 2. The molecule has 0 unspecified atom stereocenters. The lowest BCUT2D eigenvalue weighted by molar-refractivity contribution is 0.483. The number of rotatable bonds is 11. The maximum atomic E-state index is 11.5. The first-order chi connectivity index (χ1) is 12.5. The first-order valence-electron chi connectivity index (χ1n) is 9.98. The normalized spacial score (nSPS) is 12.0. The third-order valence-electron chi connectivity index (χ3n) is 4.99. The standard InChI is InChI=1S/C22H32O3S/c1-3-5-7-9-11-18-15-19(12-10-8-6-4-2)22-17-21(26(23,24)25)14-13-20(22)16-18/h13-17H,3-12H2,1-2H3,(H,23,24,25). The molecule has 144 valence electrons. The fourth-order valence-electron chi connectivity index (χ4n) is 3.49. The van der Waals surface area contributed by atoms with Crippen LogP contribution in [0.3, 0.4) is 0 Å². The van der Waals surface area contributed by atoms with Crippen LogP contribution in [-0.4, -0.2) is 13.0 Å². The molecule has 0 aliphatic rings. The molecular weight excluding hydrogens is 344 g/mol. The molecule has 2 rings (SSSR count). The summed E-state index contributed by atoms with van der Waals surface area (Å²) in [5, 5.41) is 2.02. The predicted octanol–water partition coefficient (Wildman–Crippen LogP) is 6.33. The zero-order chi connectivity index (χ0) is 19.0. The topological polar surface area (TPSA) is 54.4 Å². The Labute approximate surface area is 158 Å². The smallest absolute Gasteiger partial charge is 0.282 e. The molecule has 1 N–H and O–H groups in total. The Morgan fingerprint density at radius 2 is 1.46 bits per heavy atom. The van der Waals surface area contributed by atoms with Crippen molar-refractivity contribution >= 4 is 20.9 Å². The molecule has 2 aromatic carbocycles. The van der Waals surface area contributed by atoms with E-state index < -0.39 is 10.1 Å². The first-order valence-corrected chi connectivity index (χ1v) is 11.4. The number of unbranched alkanes of at least 4 members (excludes halogenated alkanes) is 6. The van der Waals surface area contributed by atoms with Crippen LogP contribution in [-0.2, 0) is 23.0 Å². The molecule has 0 spiro atoms. The van der Waals surface area contributed by atoms with Crippen molar-refractivity contribution < 1.29 is 13.0 Å². The molecule has 4 heteroatoms. The van der Waals surface area contributed by atoms with Gasteiger partial charge in [0, 0.05) is 0 Å². The van der Waals surface area contributed by atoms with Crippen molar-refractivity contribution in [3.8, 4) is 0 Å². The quantitative estimate of drug-likeness (QED) is 0.368. The monoisotopic (exact) mass is 376 g/mol. The Hall–Kier alpha value is -1.39. The molecule has 0 fully saturated rings. The Kier molecular flexibility index (Phi) is 8.11.